The minimum absolute atomic E-state index is 0.150. The molecule has 1 aromatic rings. The summed E-state index contributed by atoms with van der Waals surface area (Å²) in [4.78, 5) is 12.0. The van der Waals surface area contributed by atoms with E-state index < -0.39 is 0 Å². The molecule has 0 atom stereocenters. The normalized spacial score (nSPS) is 17.1. The average Bonchev–Trinajstić information content (AvgIpc) is 2.87. The quantitative estimate of drug-likeness (QED) is 0.804. The number of hydrogen-bond donors (Lipinski definition) is 2. The molecular formula is C12H21N3O. The van der Waals surface area contributed by atoms with E-state index in [0.717, 1.165) is 18.5 Å². The second kappa shape index (κ2) is 4.87. The summed E-state index contributed by atoms with van der Waals surface area (Å²) in [7, 11) is 3.73. The van der Waals surface area contributed by atoms with Crippen LogP contribution < -0.4 is 10.9 Å². The van der Waals surface area contributed by atoms with Gasteiger partial charge in [-0.2, -0.15) is 0 Å². The lowest BCUT2D eigenvalue weighted by Crippen LogP contribution is -2.19. The van der Waals surface area contributed by atoms with Crippen molar-refractivity contribution in [2.24, 2.45) is 7.05 Å². The molecule has 4 heteroatoms. The molecule has 1 aliphatic rings. The van der Waals surface area contributed by atoms with E-state index in [4.69, 9.17) is 0 Å². The van der Waals surface area contributed by atoms with Gasteiger partial charge < -0.3 is 5.32 Å². The molecule has 1 fully saturated rings. The van der Waals surface area contributed by atoms with Crippen LogP contribution in [0.25, 0.3) is 0 Å². The summed E-state index contributed by atoms with van der Waals surface area (Å²) >= 11 is 0. The lowest BCUT2D eigenvalue weighted by Gasteiger charge is -2.08. The monoisotopic (exact) mass is 223 g/mol. The summed E-state index contributed by atoms with van der Waals surface area (Å²) in [6.07, 6.45) is 5.89. The molecule has 0 aromatic carbocycles. The summed E-state index contributed by atoms with van der Waals surface area (Å²) in [5, 5.41) is 6.35. The number of aryl methyl sites for hydroxylation is 1. The molecule has 90 valence electrons. The Balaban J connectivity index is 2.28. The molecule has 0 bridgehead atoms. The number of H-pyrrole nitrogens is 1. The SMILES string of the molecule is CNCCc1c(C2CCCC2)[nH]n(C)c1=O. The number of rotatable bonds is 4. The molecule has 0 radical (unpaired) electrons. The summed E-state index contributed by atoms with van der Waals surface area (Å²) in [5.74, 6) is 0.584. The van der Waals surface area contributed by atoms with Crippen molar-refractivity contribution in [2.45, 2.75) is 38.0 Å². The third-order valence-corrected chi connectivity index (χ3v) is 3.56. The number of nitrogens with one attached hydrogen (secondary N) is 2. The molecule has 0 unspecified atom stereocenters. The lowest BCUT2D eigenvalue weighted by molar-refractivity contribution is 0.648. The molecule has 2 rings (SSSR count). The van der Waals surface area contributed by atoms with E-state index in [9.17, 15) is 4.79 Å². The molecule has 16 heavy (non-hydrogen) atoms. The zero-order chi connectivity index (χ0) is 11.5. The van der Waals surface area contributed by atoms with Crippen LogP contribution in [0.1, 0.15) is 42.9 Å². The standard InChI is InChI=1S/C12H21N3O/c1-13-8-7-10-11(9-5-3-4-6-9)14-15(2)12(10)16/h9,13-14H,3-8H2,1-2H3. The van der Waals surface area contributed by atoms with E-state index >= 15 is 0 Å². The van der Waals surface area contributed by atoms with Gasteiger partial charge in [-0.3, -0.25) is 14.6 Å². The van der Waals surface area contributed by atoms with Gasteiger partial charge in [-0.25, -0.2) is 0 Å². The van der Waals surface area contributed by atoms with Crippen LogP contribution in [0.15, 0.2) is 4.79 Å². The fraction of sp³-hybridized carbons (Fsp3) is 0.750. The molecular weight excluding hydrogens is 202 g/mol. The minimum atomic E-state index is 0.150. The smallest absolute Gasteiger partial charge is 0.269 e. The van der Waals surface area contributed by atoms with Crippen molar-refractivity contribution in [3.63, 3.8) is 0 Å². The first-order chi connectivity index (χ1) is 7.74. The maximum atomic E-state index is 12.0. The van der Waals surface area contributed by atoms with Crippen molar-refractivity contribution >= 4 is 0 Å². The zero-order valence-corrected chi connectivity index (χ0v) is 10.2. The Bertz CT molecular complexity index is 399. The number of likely N-dealkylation sites (N-methyl/N-ethyl adjacent to an activating group) is 1. The van der Waals surface area contributed by atoms with E-state index in [2.05, 4.69) is 10.4 Å². The number of nitrogens with zero attached hydrogens (tertiary/aromatic N) is 1. The molecule has 1 aromatic heterocycles. The van der Waals surface area contributed by atoms with Crippen LogP contribution in [0.2, 0.25) is 0 Å². The van der Waals surface area contributed by atoms with Gasteiger partial charge in [0.25, 0.3) is 5.56 Å². The molecule has 0 saturated heterocycles. The molecule has 1 saturated carbocycles. The molecule has 0 amide bonds. The molecule has 1 heterocycles. The van der Waals surface area contributed by atoms with Gasteiger partial charge in [0, 0.05) is 24.2 Å². The van der Waals surface area contributed by atoms with Crippen molar-refractivity contribution in [3.05, 3.63) is 21.6 Å². The minimum Gasteiger partial charge on any atom is -0.319 e. The van der Waals surface area contributed by atoms with Crippen molar-refractivity contribution in [2.75, 3.05) is 13.6 Å². The number of aromatic nitrogens is 2. The number of hydrogen-bond acceptors (Lipinski definition) is 2. The Hall–Kier alpha value is -1.03. The summed E-state index contributed by atoms with van der Waals surface area (Å²) in [6.45, 7) is 0.868. The van der Waals surface area contributed by atoms with Crippen molar-refractivity contribution < 1.29 is 0 Å². The van der Waals surface area contributed by atoms with Gasteiger partial charge in [-0.1, -0.05) is 12.8 Å². The Morgan fingerprint density at radius 1 is 1.44 bits per heavy atom. The zero-order valence-electron chi connectivity index (χ0n) is 10.2. The molecule has 2 N–H and O–H groups in total. The Labute approximate surface area is 96.0 Å². The summed E-state index contributed by atoms with van der Waals surface area (Å²) in [6, 6.07) is 0. The van der Waals surface area contributed by atoms with Crippen LogP contribution in [0.5, 0.6) is 0 Å². The largest absolute Gasteiger partial charge is 0.319 e. The third-order valence-electron chi connectivity index (χ3n) is 3.56. The lowest BCUT2D eigenvalue weighted by atomic mass is 9.99. The second-order valence-electron chi connectivity index (χ2n) is 4.70. The highest BCUT2D eigenvalue weighted by Gasteiger charge is 2.23. The first-order valence-electron chi connectivity index (χ1n) is 6.16. The second-order valence-corrected chi connectivity index (χ2v) is 4.70. The third kappa shape index (κ3) is 2.07. The van der Waals surface area contributed by atoms with Crippen molar-refractivity contribution in [3.8, 4) is 0 Å². The van der Waals surface area contributed by atoms with E-state index in [1.54, 1.807) is 4.68 Å². The van der Waals surface area contributed by atoms with Crippen molar-refractivity contribution in [1.82, 2.24) is 15.1 Å². The maximum absolute atomic E-state index is 12.0. The fourth-order valence-corrected chi connectivity index (χ4v) is 2.66. The maximum Gasteiger partial charge on any atom is 0.269 e. The van der Waals surface area contributed by atoms with Gasteiger partial charge in [0.1, 0.15) is 0 Å². The van der Waals surface area contributed by atoms with E-state index in [-0.39, 0.29) is 5.56 Å². The summed E-state index contributed by atoms with van der Waals surface area (Å²) < 4.78 is 1.62. The van der Waals surface area contributed by atoms with Crippen LogP contribution in [-0.2, 0) is 13.5 Å². The Morgan fingerprint density at radius 2 is 2.12 bits per heavy atom. The molecule has 0 aliphatic heterocycles. The first-order valence-corrected chi connectivity index (χ1v) is 6.16. The van der Waals surface area contributed by atoms with Crippen LogP contribution in [0.3, 0.4) is 0 Å². The first kappa shape index (κ1) is 11.5. The fourth-order valence-electron chi connectivity index (χ4n) is 2.66. The van der Waals surface area contributed by atoms with Gasteiger partial charge >= 0.3 is 0 Å². The molecule has 0 spiro atoms. The Kier molecular flexibility index (Phi) is 3.49. The van der Waals surface area contributed by atoms with Crippen LogP contribution in [0, 0.1) is 0 Å². The van der Waals surface area contributed by atoms with E-state index in [0.29, 0.717) is 5.92 Å². The van der Waals surface area contributed by atoms with Gasteiger partial charge in [-0.05, 0) is 32.9 Å². The van der Waals surface area contributed by atoms with E-state index in [1.807, 2.05) is 14.1 Å². The van der Waals surface area contributed by atoms with Gasteiger partial charge in [0.15, 0.2) is 0 Å². The van der Waals surface area contributed by atoms with Crippen LogP contribution >= 0.6 is 0 Å². The molecule has 1 aliphatic carbocycles. The van der Waals surface area contributed by atoms with Gasteiger partial charge in [-0.15, -0.1) is 0 Å². The predicted octanol–water partition coefficient (Wildman–Crippen LogP) is 1.13. The highest BCUT2D eigenvalue weighted by molar-refractivity contribution is 5.22. The Morgan fingerprint density at radius 3 is 2.75 bits per heavy atom. The van der Waals surface area contributed by atoms with Gasteiger partial charge in [0.2, 0.25) is 0 Å². The highest BCUT2D eigenvalue weighted by atomic mass is 16.1. The highest BCUT2D eigenvalue weighted by Crippen LogP contribution is 2.33. The number of aromatic amines is 1. The topological polar surface area (TPSA) is 49.8 Å². The summed E-state index contributed by atoms with van der Waals surface area (Å²) in [5.41, 5.74) is 2.33. The van der Waals surface area contributed by atoms with Crippen molar-refractivity contribution in [1.29, 1.82) is 0 Å². The van der Waals surface area contributed by atoms with Crippen LogP contribution in [0.4, 0.5) is 0 Å². The predicted molar refractivity (Wildman–Crippen MR) is 64.9 cm³/mol. The van der Waals surface area contributed by atoms with Gasteiger partial charge in [0.05, 0.1) is 0 Å². The average molecular weight is 223 g/mol. The van der Waals surface area contributed by atoms with Crippen LogP contribution in [-0.4, -0.2) is 23.4 Å². The van der Waals surface area contributed by atoms with E-state index in [1.165, 1.54) is 31.4 Å². The molecule has 4 nitrogen and oxygen atoms in total.